The number of nitro benzene ring substituents is 1. The first-order valence-corrected chi connectivity index (χ1v) is 12.8. The summed E-state index contributed by atoms with van der Waals surface area (Å²) in [5, 5.41) is 16.7. The van der Waals surface area contributed by atoms with Crippen molar-refractivity contribution in [2.75, 3.05) is 24.3 Å². The number of nitro groups is 1. The number of rotatable bonds is 10. The van der Waals surface area contributed by atoms with Gasteiger partial charge in [0.1, 0.15) is 16.4 Å². The molecular formula is C28H26N4O6S. The molecule has 0 saturated heterocycles. The molecule has 0 radical (unpaired) electrons. The third-order valence-corrected chi connectivity index (χ3v) is 6.76. The molecule has 200 valence electrons. The molecule has 3 aromatic carbocycles. The van der Waals surface area contributed by atoms with Crippen LogP contribution in [0.15, 0.2) is 88.3 Å². The number of anilines is 2. The molecule has 1 aliphatic heterocycles. The standard InChI is InChI=1S/C28H26N4O6S/c1-17(2)16-31-27(34)24(29-19-9-13-22(38-3)14-10-19)25(28(31)35)39-23-6-4-5-20(15-23)30-26(33)18-7-11-21(12-8-18)32(36)37/h4-15,17,29H,16H2,1-3H3,(H,30,33). The Balaban J connectivity index is 1.57. The number of amides is 3. The Morgan fingerprint density at radius 3 is 2.31 bits per heavy atom. The van der Waals surface area contributed by atoms with Gasteiger partial charge >= 0.3 is 0 Å². The third kappa shape index (κ3) is 6.44. The van der Waals surface area contributed by atoms with E-state index in [4.69, 9.17) is 4.74 Å². The van der Waals surface area contributed by atoms with Gasteiger partial charge in [0.2, 0.25) is 0 Å². The van der Waals surface area contributed by atoms with Crippen molar-refractivity contribution in [3.05, 3.63) is 99.1 Å². The van der Waals surface area contributed by atoms with Gasteiger partial charge in [-0.15, -0.1) is 0 Å². The minimum atomic E-state index is -0.536. The number of hydrogen-bond donors (Lipinski definition) is 2. The summed E-state index contributed by atoms with van der Waals surface area (Å²) in [6.07, 6.45) is 0. The Morgan fingerprint density at radius 2 is 1.69 bits per heavy atom. The number of imide groups is 1. The van der Waals surface area contributed by atoms with E-state index < -0.39 is 22.6 Å². The van der Waals surface area contributed by atoms with E-state index in [1.807, 2.05) is 13.8 Å². The van der Waals surface area contributed by atoms with Crippen LogP contribution < -0.4 is 15.4 Å². The van der Waals surface area contributed by atoms with Crippen LogP contribution in [0.25, 0.3) is 0 Å². The Kier molecular flexibility index (Phi) is 8.30. The van der Waals surface area contributed by atoms with Crippen molar-refractivity contribution in [3.8, 4) is 5.75 Å². The summed E-state index contributed by atoms with van der Waals surface area (Å²) in [6.45, 7) is 4.14. The molecule has 4 rings (SSSR count). The molecule has 0 aliphatic carbocycles. The van der Waals surface area contributed by atoms with Crippen LogP contribution in [0.4, 0.5) is 17.1 Å². The average molecular weight is 547 g/mol. The third-order valence-electron chi connectivity index (χ3n) is 5.68. The highest BCUT2D eigenvalue weighted by Gasteiger charge is 2.39. The van der Waals surface area contributed by atoms with E-state index in [2.05, 4.69) is 10.6 Å². The molecule has 1 aliphatic rings. The van der Waals surface area contributed by atoms with Crippen molar-refractivity contribution in [1.82, 2.24) is 4.90 Å². The minimum absolute atomic E-state index is 0.0856. The van der Waals surface area contributed by atoms with Crippen LogP contribution >= 0.6 is 11.8 Å². The van der Waals surface area contributed by atoms with Gasteiger partial charge in [-0.05, 0) is 60.5 Å². The lowest BCUT2D eigenvalue weighted by atomic mass is 10.2. The number of nitrogens with zero attached hydrogens (tertiary/aromatic N) is 2. The number of benzene rings is 3. The second-order valence-electron chi connectivity index (χ2n) is 9.06. The Hall–Kier alpha value is -4.64. The lowest BCUT2D eigenvalue weighted by Gasteiger charge is -2.17. The van der Waals surface area contributed by atoms with Crippen LogP contribution in [-0.2, 0) is 9.59 Å². The van der Waals surface area contributed by atoms with E-state index in [9.17, 15) is 24.5 Å². The van der Waals surface area contributed by atoms with Gasteiger partial charge in [-0.25, -0.2) is 0 Å². The van der Waals surface area contributed by atoms with E-state index >= 15 is 0 Å². The number of thioether (sulfide) groups is 1. The lowest BCUT2D eigenvalue weighted by Crippen LogP contribution is -2.35. The number of carbonyl (C=O) groups excluding carboxylic acids is 3. The summed E-state index contributed by atoms with van der Waals surface area (Å²) in [5.41, 5.74) is 1.41. The van der Waals surface area contributed by atoms with E-state index in [1.54, 1.807) is 55.6 Å². The summed E-state index contributed by atoms with van der Waals surface area (Å²) < 4.78 is 5.19. The molecule has 3 aromatic rings. The zero-order valence-corrected chi connectivity index (χ0v) is 22.3. The molecule has 0 saturated carbocycles. The van der Waals surface area contributed by atoms with Gasteiger partial charge in [0.25, 0.3) is 23.4 Å². The number of carbonyl (C=O) groups is 3. The second-order valence-corrected chi connectivity index (χ2v) is 10.1. The zero-order valence-electron chi connectivity index (χ0n) is 21.5. The fourth-order valence-corrected chi connectivity index (χ4v) is 4.81. The highest BCUT2D eigenvalue weighted by atomic mass is 32.2. The summed E-state index contributed by atoms with van der Waals surface area (Å²) in [5.74, 6) is -0.498. The van der Waals surface area contributed by atoms with Crippen LogP contribution in [0.3, 0.4) is 0 Å². The summed E-state index contributed by atoms with van der Waals surface area (Å²) in [6, 6.07) is 19.1. The van der Waals surface area contributed by atoms with Gasteiger partial charge in [0.15, 0.2) is 0 Å². The molecule has 3 amide bonds. The van der Waals surface area contributed by atoms with Gasteiger partial charge in [0, 0.05) is 40.5 Å². The molecule has 0 fully saturated rings. The fourth-order valence-electron chi connectivity index (χ4n) is 3.80. The van der Waals surface area contributed by atoms with Gasteiger partial charge in [-0.3, -0.25) is 29.4 Å². The summed E-state index contributed by atoms with van der Waals surface area (Å²) >= 11 is 1.13. The first-order valence-electron chi connectivity index (χ1n) is 12.0. The monoisotopic (exact) mass is 546 g/mol. The molecular weight excluding hydrogens is 520 g/mol. The molecule has 10 nitrogen and oxygen atoms in total. The Labute approximate surface area is 229 Å². The Bertz CT molecular complexity index is 1450. The highest BCUT2D eigenvalue weighted by Crippen LogP contribution is 2.37. The van der Waals surface area contributed by atoms with Crippen molar-refractivity contribution in [3.63, 3.8) is 0 Å². The molecule has 0 atom stereocenters. The van der Waals surface area contributed by atoms with Gasteiger partial charge in [0.05, 0.1) is 12.0 Å². The van der Waals surface area contributed by atoms with Crippen molar-refractivity contribution in [2.45, 2.75) is 18.7 Å². The van der Waals surface area contributed by atoms with Crippen LogP contribution in [0.2, 0.25) is 0 Å². The predicted octanol–water partition coefficient (Wildman–Crippen LogP) is 5.30. The number of non-ortho nitro benzene ring substituents is 1. The van der Waals surface area contributed by atoms with Crippen LogP contribution in [0, 0.1) is 16.0 Å². The first kappa shape index (κ1) is 27.4. The molecule has 39 heavy (non-hydrogen) atoms. The molecule has 0 spiro atoms. The fraction of sp³-hybridized carbons (Fsp3) is 0.179. The first-order chi connectivity index (χ1) is 18.7. The van der Waals surface area contributed by atoms with Crippen molar-refractivity contribution < 1.29 is 24.0 Å². The van der Waals surface area contributed by atoms with E-state index in [-0.39, 0.29) is 34.3 Å². The van der Waals surface area contributed by atoms with E-state index in [1.165, 1.54) is 29.2 Å². The van der Waals surface area contributed by atoms with Crippen molar-refractivity contribution >= 4 is 46.5 Å². The quantitative estimate of drug-likeness (QED) is 0.199. The maximum absolute atomic E-state index is 13.3. The number of methoxy groups -OCH3 is 1. The SMILES string of the molecule is COc1ccc(NC2=C(Sc3cccc(NC(=O)c4ccc([N+](=O)[O-])cc4)c3)C(=O)N(CC(C)C)C2=O)cc1. The van der Waals surface area contributed by atoms with Crippen molar-refractivity contribution in [1.29, 1.82) is 0 Å². The smallest absolute Gasteiger partial charge is 0.278 e. The van der Waals surface area contributed by atoms with Gasteiger partial charge in [-0.2, -0.15) is 0 Å². The number of nitrogens with one attached hydrogen (secondary N) is 2. The van der Waals surface area contributed by atoms with E-state index in [0.29, 0.717) is 22.0 Å². The molecule has 1 heterocycles. The normalized spacial score (nSPS) is 13.2. The maximum Gasteiger partial charge on any atom is 0.278 e. The molecule has 2 N–H and O–H groups in total. The Morgan fingerprint density at radius 1 is 1.00 bits per heavy atom. The predicted molar refractivity (Wildman–Crippen MR) is 149 cm³/mol. The van der Waals surface area contributed by atoms with Crippen LogP contribution in [0.1, 0.15) is 24.2 Å². The molecule has 11 heteroatoms. The van der Waals surface area contributed by atoms with Gasteiger partial charge in [-0.1, -0.05) is 31.7 Å². The number of ether oxygens (including phenoxy) is 1. The molecule has 0 aromatic heterocycles. The van der Waals surface area contributed by atoms with Crippen LogP contribution in [0.5, 0.6) is 5.75 Å². The average Bonchev–Trinajstić information content (AvgIpc) is 3.12. The molecule has 0 bridgehead atoms. The molecule has 0 unspecified atom stereocenters. The van der Waals surface area contributed by atoms with Crippen LogP contribution in [-0.4, -0.2) is 41.2 Å². The maximum atomic E-state index is 13.3. The minimum Gasteiger partial charge on any atom is -0.497 e. The number of hydrogen-bond acceptors (Lipinski definition) is 8. The summed E-state index contributed by atoms with van der Waals surface area (Å²) in [4.78, 5) is 51.7. The van der Waals surface area contributed by atoms with E-state index in [0.717, 1.165) is 11.8 Å². The van der Waals surface area contributed by atoms with Crippen molar-refractivity contribution in [2.24, 2.45) is 5.92 Å². The zero-order chi connectivity index (χ0) is 28.1. The lowest BCUT2D eigenvalue weighted by molar-refractivity contribution is -0.384. The largest absolute Gasteiger partial charge is 0.497 e. The summed E-state index contributed by atoms with van der Waals surface area (Å²) in [7, 11) is 1.56. The highest BCUT2D eigenvalue weighted by molar-refractivity contribution is 8.04. The second kappa shape index (κ2) is 11.8. The van der Waals surface area contributed by atoms with Gasteiger partial charge < -0.3 is 15.4 Å². The topological polar surface area (TPSA) is 131 Å².